The van der Waals surface area contributed by atoms with Crippen LogP contribution in [0.4, 0.5) is 11.4 Å². The number of benzene rings is 2. The maximum absolute atomic E-state index is 7.06. The number of pyridine rings is 1. The van der Waals surface area contributed by atoms with Crippen molar-refractivity contribution >= 4 is 54.5 Å². The van der Waals surface area contributed by atoms with Gasteiger partial charge in [-0.15, -0.1) is 0 Å². The van der Waals surface area contributed by atoms with E-state index in [1.807, 2.05) is 0 Å². The smallest absolute Gasteiger partial charge is 0.358 e. The summed E-state index contributed by atoms with van der Waals surface area (Å²) in [6, 6.07) is 15.6. The largest absolute Gasteiger partial charge is 2.00 e. The molecule has 0 saturated heterocycles. The topological polar surface area (TPSA) is 37.6 Å². The van der Waals surface area contributed by atoms with Gasteiger partial charge in [-0.1, -0.05) is 121 Å². The zero-order chi connectivity index (χ0) is 41.1. The molecule has 0 unspecified atom stereocenters. The Morgan fingerprint density at radius 1 is 0.508 bits per heavy atom. The van der Waals surface area contributed by atoms with E-state index >= 15 is 0 Å². The second-order valence-electron chi connectivity index (χ2n) is 16.8. The summed E-state index contributed by atoms with van der Waals surface area (Å²) < 4.78 is 0. The number of aromatic nitrogens is 1. The molecule has 1 heterocycles. The van der Waals surface area contributed by atoms with E-state index in [0.29, 0.717) is 0 Å². The predicted octanol–water partition coefficient (Wildman–Crippen LogP) is 16.8. The molecule has 0 aliphatic heterocycles. The summed E-state index contributed by atoms with van der Waals surface area (Å²) in [7, 11) is -1.94. The first-order valence-corrected chi connectivity index (χ1v) is 27.3. The molecule has 0 radical (unpaired) electrons. The second kappa shape index (κ2) is 29.7. The fourth-order valence-corrected chi connectivity index (χ4v) is 17.5. The second-order valence-corrected chi connectivity index (χ2v) is 25.1. The molecule has 1 aromatic heterocycles. The number of unbranched alkanes of at least 4 members (excludes halogenated alkanes) is 6. The van der Waals surface area contributed by atoms with Gasteiger partial charge in [0.1, 0.15) is 0 Å². The van der Waals surface area contributed by atoms with E-state index in [9.17, 15) is 0 Å². The molecule has 336 valence electrons. The Hall–Kier alpha value is -1.56. The third kappa shape index (κ3) is 18.0. The number of aliphatic imine (C=N–C) groups is 2. The van der Waals surface area contributed by atoms with Crippen molar-refractivity contribution in [3.63, 3.8) is 0 Å². The molecule has 0 spiro atoms. The van der Waals surface area contributed by atoms with Crippen molar-refractivity contribution in [3.05, 3.63) is 102 Å². The minimum atomic E-state index is -0.981. The third-order valence-corrected chi connectivity index (χ3v) is 20.3. The molecule has 3 nitrogen and oxygen atoms in total. The minimum Gasteiger partial charge on any atom is -0.358 e. The molecule has 2 aromatic carbocycles. The van der Waals surface area contributed by atoms with Gasteiger partial charge >= 0.3 is 17.1 Å². The molecule has 59 heavy (non-hydrogen) atoms. The van der Waals surface area contributed by atoms with E-state index in [1.54, 1.807) is 0 Å². The molecular weight excluding hydrogens is 822 g/mol. The van der Waals surface area contributed by atoms with Crippen LogP contribution in [-0.4, -0.2) is 62.4 Å². The zero-order valence-electron chi connectivity index (χ0n) is 40.1. The summed E-state index contributed by atoms with van der Waals surface area (Å²) in [5, 5.41) is 0.733. The van der Waals surface area contributed by atoms with Crippen LogP contribution in [0.5, 0.6) is 0 Å². The van der Waals surface area contributed by atoms with Crippen molar-refractivity contribution in [3.8, 4) is 0 Å². The van der Waals surface area contributed by atoms with Crippen LogP contribution in [0.1, 0.15) is 158 Å². The van der Waals surface area contributed by atoms with E-state index in [2.05, 4.69) is 119 Å². The maximum atomic E-state index is 7.06. The van der Waals surface area contributed by atoms with Crippen LogP contribution < -0.4 is 0 Å². The van der Waals surface area contributed by atoms with Crippen molar-refractivity contribution in [1.29, 1.82) is 0 Å². The van der Waals surface area contributed by atoms with Crippen molar-refractivity contribution in [2.24, 2.45) is 9.98 Å². The van der Waals surface area contributed by atoms with Crippen molar-refractivity contribution in [1.82, 2.24) is 4.98 Å². The van der Waals surface area contributed by atoms with E-state index in [1.165, 1.54) is 140 Å². The molecule has 0 aliphatic carbocycles. The van der Waals surface area contributed by atoms with Crippen molar-refractivity contribution in [2.75, 3.05) is 46.0 Å². The molecular formula is C52H86ClFeN3S2. The summed E-state index contributed by atoms with van der Waals surface area (Å²) in [4.78, 5) is 17.0. The molecule has 0 aliphatic rings. The van der Waals surface area contributed by atoms with Crippen molar-refractivity contribution in [2.45, 2.75) is 153 Å². The van der Waals surface area contributed by atoms with Gasteiger partial charge in [0.05, 0.1) is 39.2 Å². The number of rotatable bonds is 26. The first-order chi connectivity index (χ1) is 26.9. The van der Waals surface area contributed by atoms with E-state index in [4.69, 9.17) is 26.6 Å². The quantitative estimate of drug-likeness (QED) is 0.0449. The van der Waals surface area contributed by atoms with Gasteiger partial charge in [-0.3, -0.25) is 0 Å². The van der Waals surface area contributed by atoms with Crippen LogP contribution in [-0.2, 0) is 17.1 Å². The molecule has 3 aromatic rings. The van der Waals surface area contributed by atoms with Crippen LogP contribution in [0.3, 0.4) is 0 Å². The number of nitrogens with zero attached hydrogens (tertiary/aromatic N) is 3. The average Bonchev–Trinajstić information content (AvgIpc) is 3.17. The Kier molecular flexibility index (Phi) is 28.9. The average molecular weight is 909 g/mol. The molecule has 3 rings (SSSR count). The molecule has 0 atom stereocenters. The van der Waals surface area contributed by atoms with Gasteiger partial charge in [-0.25, -0.2) is 35.0 Å². The molecule has 0 amide bonds. The normalized spacial score (nSPS) is 12.7. The van der Waals surface area contributed by atoms with E-state index < -0.39 is 20.1 Å². The molecule has 0 N–H and O–H groups in total. The zero-order valence-corrected chi connectivity index (χ0v) is 43.6. The molecule has 0 bridgehead atoms. The van der Waals surface area contributed by atoms with Gasteiger partial charge in [0.25, 0.3) is 0 Å². The van der Waals surface area contributed by atoms with Crippen LogP contribution in [0, 0.1) is 49.5 Å². The van der Waals surface area contributed by atoms with Gasteiger partial charge < -0.3 is 14.9 Å². The minimum absolute atomic E-state index is 0. The first-order valence-electron chi connectivity index (χ1n) is 22.3. The van der Waals surface area contributed by atoms with E-state index in [-0.39, 0.29) is 31.9 Å². The van der Waals surface area contributed by atoms with Crippen molar-refractivity contribution < 1.29 is 17.1 Å². The Balaban J connectivity index is 0.0000112. The summed E-state index contributed by atoms with van der Waals surface area (Å²) in [5.41, 5.74) is 12.4. The van der Waals surface area contributed by atoms with Gasteiger partial charge in [-0.2, -0.15) is 0 Å². The molecule has 0 fully saturated rings. The van der Waals surface area contributed by atoms with Crippen LogP contribution in [0.2, 0.25) is 5.02 Å². The predicted molar refractivity (Wildman–Crippen MR) is 275 cm³/mol. The van der Waals surface area contributed by atoms with Gasteiger partial charge in [0.15, 0.2) is 0 Å². The summed E-state index contributed by atoms with van der Waals surface area (Å²) in [6.07, 6.45) is 15.1. The fourth-order valence-electron chi connectivity index (χ4n) is 8.08. The number of halogens is 1. The molecule has 0 saturated carbocycles. The summed E-state index contributed by atoms with van der Waals surface area (Å²) >= 11 is 7.06. The SMILES string of the molecule is CCCCS(CCCC)(CCCC)CC(=Nc1c(C)cc(C)cc1C)c1cccc(C(CS(CCCC)(CCCC)CCCC)=Nc2c(C)cc(C)cc2Cl)n1.[CH3-].[CH3-].[Fe+2]. The van der Waals surface area contributed by atoms with Gasteiger partial charge in [-0.05, 0) is 148 Å². The van der Waals surface area contributed by atoms with Gasteiger partial charge in [0, 0.05) is 11.5 Å². The Labute approximate surface area is 384 Å². The Bertz CT molecular complexity index is 1510. The Morgan fingerprint density at radius 2 is 0.814 bits per heavy atom. The standard InChI is InChI=1S/C50H80ClN3S2.2CH3.Fe/c1-12-18-27-55(28-19-13-2,29-20-14-3)37-47(53-49-41(9)33-39(7)34-42(49)10)45-25-24-26-46(52-45)48(54-50-43(11)35-40(8)36-44(50)51)38-56(30-21-15-4,31-22-16-5)32-23-17-6;;;/h24-26,33-36H,12-23,27-32,37-38H2,1-11H3;2*1H3;/q;2*-1;+2. The van der Waals surface area contributed by atoms with E-state index in [0.717, 1.165) is 50.6 Å². The fraction of sp³-hybridized carbons (Fsp3) is 0.596. The summed E-state index contributed by atoms with van der Waals surface area (Å²) in [6.45, 7) is 25.1. The van der Waals surface area contributed by atoms with Gasteiger partial charge in [0.2, 0.25) is 0 Å². The Morgan fingerprint density at radius 3 is 1.14 bits per heavy atom. The van der Waals surface area contributed by atoms with Crippen LogP contribution in [0.25, 0.3) is 0 Å². The maximum Gasteiger partial charge on any atom is 2.00 e. The number of hydrogen-bond acceptors (Lipinski definition) is 3. The van der Waals surface area contributed by atoms with Crippen LogP contribution in [0.15, 0.2) is 52.4 Å². The van der Waals surface area contributed by atoms with Crippen LogP contribution >= 0.6 is 31.7 Å². The monoisotopic (exact) mass is 908 g/mol. The number of aryl methyl sites for hydroxylation is 5. The molecule has 7 heteroatoms. The third-order valence-electron chi connectivity index (χ3n) is 11.3. The number of hydrogen-bond donors (Lipinski definition) is 0. The summed E-state index contributed by atoms with van der Waals surface area (Å²) in [5.74, 6) is 9.91. The first kappa shape index (κ1) is 57.4.